The van der Waals surface area contributed by atoms with E-state index in [-0.39, 0.29) is 23.2 Å². The molecule has 128 valence electrons. The van der Waals surface area contributed by atoms with Crippen molar-refractivity contribution in [1.82, 2.24) is 15.5 Å². The van der Waals surface area contributed by atoms with Crippen LogP contribution in [0.4, 0.5) is 11.5 Å². The largest absolute Gasteiger partial charge is 0.347 e. The van der Waals surface area contributed by atoms with Gasteiger partial charge >= 0.3 is 0 Å². The third-order valence-corrected chi connectivity index (χ3v) is 5.50. The van der Waals surface area contributed by atoms with Gasteiger partial charge in [-0.3, -0.25) is 4.79 Å². The average Bonchev–Trinajstić information content (AvgIpc) is 2.94. The van der Waals surface area contributed by atoms with Crippen molar-refractivity contribution >= 4 is 27.2 Å². The Bertz CT molecular complexity index is 935. The molecule has 0 radical (unpaired) electrons. The van der Waals surface area contributed by atoms with Gasteiger partial charge in [0.2, 0.25) is 0 Å². The summed E-state index contributed by atoms with van der Waals surface area (Å²) in [6.45, 7) is 0. The summed E-state index contributed by atoms with van der Waals surface area (Å²) in [5.74, 6) is 0.0256. The van der Waals surface area contributed by atoms with Crippen molar-refractivity contribution in [2.45, 2.75) is 12.5 Å². The first-order valence-corrected chi connectivity index (χ1v) is 9.39. The van der Waals surface area contributed by atoms with Gasteiger partial charge in [-0.2, -0.15) is 5.26 Å². The summed E-state index contributed by atoms with van der Waals surface area (Å²) in [7, 11) is -3.05. The fraction of sp³-hybridized carbons (Fsp3) is 0.250. The summed E-state index contributed by atoms with van der Waals surface area (Å²) >= 11 is 0. The Balaban J connectivity index is 1.63. The van der Waals surface area contributed by atoms with Crippen LogP contribution >= 0.6 is 0 Å². The molecule has 9 heteroatoms. The molecule has 25 heavy (non-hydrogen) atoms. The first-order chi connectivity index (χ1) is 11.9. The van der Waals surface area contributed by atoms with Crippen LogP contribution < -0.4 is 10.6 Å². The molecule has 3 rings (SSSR count). The van der Waals surface area contributed by atoms with Gasteiger partial charge in [-0.25, -0.2) is 8.42 Å². The first kappa shape index (κ1) is 16.9. The minimum atomic E-state index is -3.05. The Morgan fingerprint density at radius 1 is 1.24 bits per heavy atom. The van der Waals surface area contributed by atoms with Gasteiger partial charge in [-0.05, 0) is 36.8 Å². The number of amides is 1. The zero-order chi connectivity index (χ0) is 17.9. The van der Waals surface area contributed by atoms with E-state index in [1.54, 1.807) is 30.3 Å². The average molecular weight is 357 g/mol. The summed E-state index contributed by atoms with van der Waals surface area (Å²) in [5.41, 5.74) is 1.31. The second kappa shape index (κ2) is 6.86. The number of aromatic nitrogens is 2. The number of rotatable bonds is 4. The lowest BCUT2D eigenvalue weighted by atomic mass is 10.2. The Hall–Kier alpha value is -2.99. The molecule has 1 aliphatic rings. The van der Waals surface area contributed by atoms with E-state index in [1.165, 1.54) is 6.07 Å². The predicted octanol–water partition coefficient (Wildman–Crippen LogP) is 1.01. The molecule has 1 saturated heterocycles. The number of benzene rings is 1. The van der Waals surface area contributed by atoms with Gasteiger partial charge < -0.3 is 10.6 Å². The van der Waals surface area contributed by atoms with E-state index in [9.17, 15) is 13.2 Å². The number of carbonyl (C=O) groups is 1. The molecule has 1 aliphatic heterocycles. The van der Waals surface area contributed by atoms with Crippen LogP contribution in [0.3, 0.4) is 0 Å². The van der Waals surface area contributed by atoms with E-state index in [2.05, 4.69) is 20.8 Å². The Morgan fingerprint density at radius 2 is 2.08 bits per heavy atom. The van der Waals surface area contributed by atoms with E-state index in [0.717, 1.165) is 0 Å². The van der Waals surface area contributed by atoms with Crippen molar-refractivity contribution in [2.24, 2.45) is 0 Å². The molecule has 2 N–H and O–H groups in total. The molecule has 1 aromatic heterocycles. The lowest BCUT2D eigenvalue weighted by Gasteiger charge is -2.10. The molecule has 0 bridgehead atoms. The SMILES string of the molecule is N#Cc1cccc(Nc2ccc(C(=O)NC3CCS(=O)(=O)C3)nn2)c1. The highest BCUT2D eigenvalue weighted by Gasteiger charge is 2.29. The molecule has 1 atom stereocenters. The molecule has 1 fully saturated rings. The summed E-state index contributed by atoms with van der Waals surface area (Å²) in [4.78, 5) is 12.1. The summed E-state index contributed by atoms with van der Waals surface area (Å²) in [5, 5.41) is 22.3. The van der Waals surface area contributed by atoms with Gasteiger partial charge in [0.15, 0.2) is 21.3 Å². The van der Waals surface area contributed by atoms with Crippen molar-refractivity contribution in [3.63, 3.8) is 0 Å². The number of anilines is 2. The zero-order valence-electron chi connectivity index (χ0n) is 13.1. The molecule has 0 aliphatic carbocycles. The predicted molar refractivity (Wildman–Crippen MR) is 91.0 cm³/mol. The molecule has 1 aromatic carbocycles. The molecule has 2 heterocycles. The number of sulfone groups is 1. The topological polar surface area (TPSA) is 125 Å². The maximum absolute atomic E-state index is 12.1. The Morgan fingerprint density at radius 3 is 2.72 bits per heavy atom. The lowest BCUT2D eigenvalue weighted by molar-refractivity contribution is 0.0935. The molecular formula is C16H15N5O3S. The maximum Gasteiger partial charge on any atom is 0.272 e. The second-order valence-electron chi connectivity index (χ2n) is 5.69. The maximum atomic E-state index is 12.1. The van der Waals surface area contributed by atoms with Gasteiger partial charge in [-0.1, -0.05) is 6.07 Å². The zero-order valence-corrected chi connectivity index (χ0v) is 14.0. The minimum absolute atomic E-state index is 0.0406. The van der Waals surface area contributed by atoms with E-state index < -0.39 is 15.7 Å². The quantitative estimate of drug-likeness (QED) is 0.836. The standard InChI is InChI=1S/C16H15N5O3S/c17-9-11-2-1-3-12(8-11)18-15-5-4-14(20-21-15)16(22)19-13-6-7-25(23,24)10-13/h1-5,8,13H,6-7,10H2,(H,18,21)(H,19,22). The van der Waals surface area contributed by atoms with Gasteiger partial charge in [0.25, 0.3) is 5.91 Å². The van der Waals surface area contributed by atoms with E-state index in [1.807, 2.05) is 6.07 Å². The number of nitrogens with one attached hydrogen (secondary N) is 2. The fourth-order valence-corrected chi connectivity index (χ4v) is 4.18. The smallest absolute Gasteiger partial charge is 0.272 e. The van der Waals surface area contributed by atoms with Crippen LogP contribution in [0.15, 0.2) is 36.4 Å². The van der Waals surface area contributed by atoms with Crippen molar-refractivity contribution in [2.75, 3.05) is 16.8 Å². The van der Waals surface area contributed by atoms with Crippen molar-refractivity contribution in [1.29, 1.82) is 5.26 Å². The number of nitriles is 1. The monoisotopic (exact) mass is 357 g/mol. The Labute approximate surface area is 144 Å². The molecule has 1 amide bonds. The second-order valence-corrected chi connectivity index (χ2v) is 7.92. The highest BCUT2D eigenvalue weighted by Crippen LogP contribution is 2.16. The molecule has 0 spiro atoms. The van der Waals surface area contributed by atoms with Crippen LogP contribution in [0, 0.1) is 11.3 Å². The first-order valence-electron chi connectivity index (χ1n) is 7.57. The van der Waals surface area contributed by atoms with Crippen LogP contribution in [-0.4, -0.2) is 42.1 Å². The summed E-state index contributed by atoms with van der Waals surface area (Å²) < 4.78 is 22.8. The van der Waals surface area contributed by atoms with E-state index in [0.29, 0.717) is 23.5 Å². The van der Waals surface area contributed by atoms with Crippen LogP contribution in [-0.2, 0) is 9.84 Å². The summed E-state index contributed by atoms with van der Waals surface area (Å²) in [6.07, 6.45) is 0.413. The van der Waals surface area contributed by atoms with E-state index in [4.69, 9.17) is 5.26 Å². The van der Waals surface area contributed by atoms with Gasteiger partial charge in [0.05, 0.1) is 23.1 Å². The Kier molecular flexibility index (Phi) is 4.63. The van der Waals surface area contributed by atoms with Gasteiger partial charge in [0, 0.05) is 11.7 Å². The summed E-state index contributed by atoms with van der Waals surface area (Å²) in [6, 6.07) is 11.6. The normalized spacial score (nSPS) is 18.3. The van der Waals surface area contributed by atoms with Crippen LogP contribution in [0.5, 0.6) is 0 Å². The van der Waals surface area contributed by atoms with Crippen molar-refractivity contribution in [3.8, 4) is 6.07 Å². The highest BCUT2D eigenvalue weighted by molar-refractivity contribution is 7.91. The number of carbonyl (C=O) groups excluding carboxylic acids is 1. The fourth-order valence-electron chi connectivity index (χ4n) is 2.50. The molecule has 8 nitrogen and oxygen atoms in total. The van der Waals surface area contributed by atoms with Gasteiger partial charge in [-0.15, -0.1) is 10.2 Å². The number of hydrogen-bond acceptors (Lipinski definition) is 7. The van der Waals surface area contributed by atoms with Crippen molar-refractivity contribution < 1.29 is 13.2 Å². The number of hydrogen-bond donors (Lipinski definition) is 2. The van der Waals surface area contributed by atoms with Crippen molar-refractivity contribution in [3.05, 3.63) is 47.7 Å². The van der Waals surface area contributed by atoms with Crippen LogP contribution in [0.1, 0.15) is 22.5 Å². The molecule has 0 saturated carbocycles. The molecule has 2 aromatic rings. The van der Waals surface area contributed by atoms with Gasteiger partial charge in [0.1, 0.15) is 0 Å². The van der Waals surface area contributed by atoms with Crippen LogP contribution in [0.2, 0.25) is 0 Å². The minimum Gasteiger partial charge on any atom is -0.347 e. The third-order valence-electron chi connectivity index (χ3n) is 3.73. The molecule has 1 unspecified atom stereocenters. The highest BCUT2D eigenvalue weighted by atomic mass is 32.2. The van der Waals surface area contributed by atoms with E-state index >= 15 is 0 Å². The number of nitrogens with zero attached hydrogens (tertiary/aromatic N) is 3. The van der Waals surface area contributed by atoms with Crippen LogP contribution in [0.25, 0.3) is 0 Å². The lowest BCUT2D eigenvalue weighted by Crippen LogP contribution is -2.36. The third kappa shape index (κ3) is 4.30. The molecular weight excluding hydrogens is 342 g/mol.